The van der Waals surface area contributed by atoms with E-state index in [2.05, 4.69) is 20.5 Å². The minimum Gasteiger partial charge on any atom is -0.338 e. The highest BCUT2D eigenvalue weighted by molar-refractivity contribution is 6.08. The molecule has 0 saturated heterocycles. The molecule has 120 valence electrons. The summed E-state index contributed by atoms with van der Waals surface area (Å²) in [6.45, 7) is 0. The van der Waals surface area contributed by atoms with Crippen LogP contribution in [-0.4, -0.2) is 15.2 Å². The van der Waals surface area contributed by atoms with E-state index in [9.17, 15) is 13.2 Å². The van der Waals surface area contributed by atoms with Crippen LogP contribution in [0.25, 0.3) is 21.8 Å². The number of para-hydroxylation sites is 1. The molecule has 0 saturated carbocycles. The topological polar surface area (TPSA) is 53.6 Å². The van der Waals surface area contributed by atoms with Crippen molar-refractivity contribution >= 4 is 33.3 Å². The Morgan fingerprint density at radius 1 is 0.958 bits per heavy atom. The average Bonchev–Trinajstić information content (AvgIpc) is 3.05. The number of aromatic nitrogens is 3. The predicted octanol–water partition coefficient (Wildman–Crippen LogP) is 4.87. The lowest BCUT2D eigenvalue weighted by Gasteiger charge is -2.11. The third-order valence-corrected chi connectivity index (χ3v) is 3.74. The van der Waals surface area contributed by atoms with E-state index in [0.717, 1.165) is 28.4 Å². The lowest BCUT2D eigenvalue weighted by Crippen LogP contribution is -2.05. The molecule has 4 aromatic rings. The monoisotopic (exact) mass is 328 g/mol. The number of H-pyrrole nitrogens is 1. The van der Waals surface area contributed by atoms with Gasteiger partial charge in [-0.25, -0.2) is 4.98 Å². The summed E-state index contributed by atoms with van der Waals surface area (Å²) in [5, 5.41) is 11.7. The molecule has 24 heavy (non-hydrogen) atoms. The fourth-order valence-electron chi connectivity index (χ4n) is 2.65. The Morgan fingerprint density at radius 3 is 2.62 bits per heavy atom. The highest BCUT2D eigenvalue weighted by atomic mass is 19.4. The molecule has 7 heteroatoms. The molecule has 0 unspecified atom stereocenters. The Morgan fingerprint density at radius 2 is 1.79 bits per heavy atom. The van der Waals surface area contributed by atoms with Gasteiger partial charge in [0.05, 0.1) is 11.1 Å². The number of fused-ring (bicyclic) bond motifs is 3. The molecule has 2 N–H and O–H groups in total. The quantitative estimate of drug-likeness (QED) is 0.552. The van der Waals surface area contributed by atoms with Crippen LogP contribution >= 0.6 is 0 Å². The maximum absolute atomic E-state index is 12.9. The van der Waals surface area contributed by atoms with Gasteiger partial charge < -0.3 is 5.32 Å². The van der Waals surface area contributed by atoms with E-state index in [1.54, 1.807) is 12.3 Å². The van der Waals surface area contributed by atoms with E-state index in [-0.39, 0.29) is 0 Å². The first-order chi connectivity index (χ1) is 11.5. The Labute approximate surface area is 134 Å². The van der Waals surface area contributed by atoms with Gasteiger partial charge in [0, 0.05) is 22.7 Å². The van der Waals surface area contributed by atoms with Crippen LogP contribution in [0.3, 0.4) is 0 Å². The van der Waals surface area contributed by atoms with E-state index in [1.165, 1.54) is 6.07 Å². The third kappa shape index (κ3) is 2.44. The van der Waals surface area contributed by atoms with Crippen LogP contribution in [0, 0.1) is 0 Å². The molecule has 0 aliphatic heterocycles. The van der Waals surface area contributed by atoms with Gasteiger partial charge in [0.1, 0.15) is 5.52 Å². The summed E-state index contributed by atoms with van der Waals surface area (Å²) < 4.78 is 38.6. The van der Waals surface area contributed by atoms with Crippen molar-refractivity contribution in [3.05, 3.63) is 60.3 Å². The van der Waals surface area contributed by atoms with Gasteiger partial charge in [0.25, 0.3) is 0 Å². The number of hydrogen-bond donors (Lipinski definition) is 2. The molecule has 0 spiro atoms. The number of nitrogens with zero attached hydrogens (tertiary/aromatic N) is 2. The minimum absolute atomic E-state index is 0.303. The van der Waals surface area contributed by atoms with E-state index >= 15 is 0 Å². The van der Waals surface area contributed by atoms with Gasteiger partial charge in [-0.3, -0.25) is 5.10 Å². The van der Waals surface area contributed by atoms with Crippen molar-refractivity contribution in [2.75, 3.05) is 5.32 Å². The second-order valence-corrected chi connectivity index (χ2v) is 5.33. The van der Waals surface area contributed by atoms with Crippen LogP contribution in [0.5, 0.6) is 0 Å². The molecule has 0 atom stereocenters. The number of benzene rings is 2. The van der Waals surface area contributed by atoms with Gasteiger partial charge in [-0.15, -0.1) is 0 Å². The average molecular weight is 328 g/mol. The first-order valence-corrected chi connectivity index (χ1v) is 7.19. The summed E-state index contributed by atoms with van der Waals surface area (Å²) in [6.07, 6.45) is -2.65. The summed E-state index contributed by atoms with van der Waals surface area (Å²) in [7, 11) is 0. The van der Waals surface area contributed by atoms with Gasteiger partial charge >= 0.3 is 6.18 Å². The number of rotatable bonds is 2. The van der Waals surface area contributed by atoms with Crippen molar-refractivity contribution in [3.63, 3.8) is 0 Å². The summed E-state index contributed by atoms with van der Waals surface area (Å²) in [5.41, 5.74) is 0.899. The number of alkyl halides is 3. The maximum atomic E-state index is 12.9. The largest absolute Gasteiger partial charge is 0.416 e. The molecular formula is C17H11F3N4. The SMILES string of the molecule is FC(F)(F)c1cccc(Nc2nc3ccccc3c3c[nH]nc23)c1. The molecule has 0 bridgehead atoms. The first-order valence-electron chi connectivity index (χ1n) is 7.19. The summed E-state index contributed by atoms with van der Waals surface area (Å²) in [5.74, 6) is 0.407. The van der Waals surface area contributed by atoms with Crippen molar-refractivity contribution in [1.82, 2.24) is 15.2 Å². The maximum Gasteiger partial charge on any atom is 0.416 e. The predicted molar refractivity (Wildman–Crippen MR) is 86.1 cm³/mol. The van der Waals surface area contributed by atoms with E-state index < -0.39 is 11.7 Å². The molecule has 4 rings (SSSR count). The van der Waals surface area contributed by atoms with Crippen LogP contribution in [0.2, 0.25) is 0 Å². The third-order valence-electron chi connectivity index (χ3n) is 3.74. The van der Waals surface area contributed by atoms with Crippen LogP contribution in [-0.2, 0) is 6.18 Å². The molecule has 2 heterocycles. The number of aromatic amines is 1. The highest BCUT2D eigenvalue weighted by Gasteiger charge is 2.30. The molecule has 0 aliphatic rings. The second-order valence-electron chi connectivity index (χ2n) is 5.33. The molecule has 0 amide bonds. The lowest BCUT2D eigenvalue weighted by atomic mass is 10.1. The standard InChI is InChI=1S/C17H11F3N4/c18-17(19,20)10-4-3-5-11(8-10)22-16-15-13(9-21-24-15)12-6-1-2-7-14(12)23-16/h1-9H,(H,21,24)(H,22,23). The van der Waals surface area contributed by atoms with Crippen LogP contribution in [0.15, 0.2) is 54.7 Å². The van der Waals surface area contributed by atoms with Gasteiger partial charge in [-0.2, -0.15) is 18.3 Å². The summed E-state index contributed by atoms with van der Waals surface area (Å²) in [6, 6.07) is 12.5. The van der Waals surface area contributed by atoms with Crippen molar-refractivity contribution < 1.29 is 13.2 Å². The molecule has 0 aliphatic carbocycles. The number of halogens is 3. The van der Waals surface area contributed by atoms with Gasteiger partial charge in [-0.05, 0) is 24.3 Å². The van der Waals surface area contributed by atoms with Crippen LogP contribution in [0.1, 0.15) is 5.56 Å². The van der Waals surface area contributed by atoms with E-state index in [1.807, 2.05) is 24.3 Å². The number of hydrogen-bond acceptors (Lipinski definition) is 3. The zero-order valence-corrected chi connectivity index (χ0v) is 12.2. The molecule has 0 radical (unpaired) electrons. The Bertz CT molecular complexity index is 1040. The molecule has 0 fully saturated rings. The summed E-state index contributed by atoms with van der Waals surface area (Å²) >= 11 is 0. The van der Waals surface area contributed by atoms with Crippen molar-refractivity contribution in [1.29, 1.82) is 0 Å². The Kier molecular flexibility index (Phi) is 3.16. The van der Waals surface area contributed by atoms with E-state index in [4.69, 9.17) is 0 Å². The first kappa shape index (κ1) is 14.5. The minimum atomic E-state index is -4.39. The fourth-order valence-corrected chi connectivity index (χ4v) is 2.65. The normalized spacial score (nSPS) is 12.0. The molecule has 2 aromatic heterocycles. The molecule has 2 aromatic carbocycles. The second kappa shape index (κ2) is 5.23. The summed E-state index contributed by atoms with van der Waals surface area (Å²) in [4.78, 5) is 4.49. The number of pyridine rings is 1. The van der Waals surface area contributed by atoms with Crippen LogP contribution < -0.4 is 5.32 Å². The molecular weight excluding hydrogens is 317 g/mol. The Balaban J connectivity index is 1.83. The number of nitrogens with one attached hydrogen (secondary N) is 2. The fraction of sp³-hybridized carbons (Fsp3) is 0.0588. The zero-order valence-electron chi connectivity index (χ0n) is 12.2. The van der Waals surface area contributed by atoms with Gasteiger partial charge in [0.15, 0.2) is 5.82 Å². The smallest absolute Gasteiger partial charge is 0.338 e. The van der Waals surface area contributed by atoms with Gasteiger partial charge in [0.2, 0.25) is 0 Å². The molecule has 4 nitrogen and oxygen atoms in total. The van der Waals surface area contributed by atoms with Crippen molar-refractivity contribution in [2.24, 2.45) is 0 Å². The lowest BCUT2D eigenvalue weighted by molar-refractivity contribution is -0.137. The van der Waals surface area contributed by atoms with Crippen molar-refractivity contribution in [2.45, 2.75) is 6.18 Å². The van der Waals surface area contributed by atoms with Crippen LogP contribution in [0.4, 0.5) is 24.7 Å². The highest BCUT2D eigenvalue weighted by Crippen LogP contribution is 2.33. The van der Waals surface area contributed by atoms with E-state index in [0.29, 0.717) is 17.0 Å². The number of anilines is 2. The van der Waals surface area contributed by atoms with Crippen molar-refractivity contribution in [3.8, 4) is 0 Å². The van der Waals surface area contributed by atoms with Gasteiger partial charge in [-0.1, -0.05) is 24.3 Å². The zero-order chi connectivity index (χ0) is 16.7. The Hall–Kier alpha value is -3.09.